The lowest BCUT2D eigenvalue weighted by Gasteiger charge is -2.17. The van der Waals surface area contributed by atoms with E-state index in [0.29, 0.717) is 4.83 Å². The van der Waals surface area contributed by atoms with Crippen LogP contribution in [0.4, 0.5) is 0 Å². The largest absolute Gasteiger partial charge is 0.342 e. The van der Waals surface area contributed by atoms with E-state index in [2.05, 4.69) is 28.0 Å². The molecular formula is C12H20BrN3O. The summed E-state index contributed by atoms with van der Waals surface area (Å²) in [4.78, 5) is 14.4. The highest BCUT2D eigenvalue weighted by Crippen LogP contribution is 2.11. The van der Waals surface area contributed by atoms with E-state index in [0.717, 1.165) is 30.6 Å². The zero-order chi connectivity index (χ0) is 13.0. The number of aromatic nitrogens is 2. The van der Waals surface area contributed by atoms with Crippen LogP contribution in [-0.4, -0.2) is 39.0 Å². The molecule has 0 saturated carbocycles. The molecule has 1 amide bonds. The summed E-state index contributed by atoms with van der Waals surface area (Å²) < 4.78 is 1.70. The molecule has 0 aliphatic rings. The van der Waals surface area contributed by atoms with Crippen molar-refractivity contribution in [3.8, 4) is 0 Å². The van der Waals surface area contributed by atoms with Gasteiger partial charge in [0.05, 0.1) is 11.3 Å². The molecule has 96 valence electrons. The number of alkyl halides is 1. The van der Waals surface area contributed by atoms with Crippen LogP contribution in [-0.2, 0) is 13.5 Å². The van der Waals surface area contributed by atoms with Gasteiger partial charge in [-0.3, -0.25) is 9.48 Å². The topological polar surface area (TPSA) is 38.1 Å². The summed E-state index contributed by atoms with van der Waals surface area (Å²) in [7, 11) is 3.68. The van der Waals surface area contributed by atoms with Gasteiger partial charge in [0.2, 0.25) is 0 Å². The molecule has 1 unspecified atom stereocenters. The highest BCUT2D eigenvalue weighted by atomic mass is 79.9. The minimum Gasteiger partial charge on any atom is -0.342 e. The van der Waals surface area contributed by atoms with Crippen LogP contribution in [0.2, 0.25) is 0 Å². The van der Waals surface area contributed by atoms with Gasteiger partial charge in [0, 0.05) is 31.7 Å². The third-order valence-electron chi connectivity index (χ3n) is 2.68. The lowest BCUT2D eigenvalue weighted by atomic mass is 10.2. The van der Waals surface area contributed by atoms with Gasteiger partial charge in [0.25, 0.3) is 5.91 Å². The zero-order valence-electron chi connectivity index (χ0n) is 10.9. The van der Waals surface area contributed by atoms with Crippen molar-refractivity contribution < 1.29 is 4.79 Å². The van der Waals surface area contributed by atoms with Crippen LogP contribution >= 0.6 is 15.9 Å². The van der Waals surface area contributed by atoms with Gasteiger partial charge < -0.3 is 4.90 Å². The van der Waals surface area contributed by atoms with E-state index in [9.17, 15) is 4.79 Å². The van der Waals surface area contributed by atoms with E-state index in [1.54, 1.807) is 15.8 Å². The van der Waals surface area contributed by atoms with Crippen LogP contribution in [0.5, 0.6) is 0 Å². The summed E-state index contributed by atoms with van der Waals surface area (Å²) in [5, 5.41) is 4.29. The SMILES string of the molecule is CCc1nn(C)cc1C(=O)N(C)CCC(C)Br. The number of hydrogen-bond donors (Lipinski definition) is 0. The van der Waals surface area contributed by atoms with Crippen molar-refractivity contribution in [2.45, 2.75) is 31.5 Å². The number of carbonyl (C=O) groups is 1. The predicted molar refractivity (Wildman–Crippen MR) is 72.6 cm³/mol. The van der Waals surface area contributed by atoms with Gasteiger partial charge in [0.15, 0.2) is 0 Å². The first kappa shape index (κ1) is 14.2. The Hall–Kier alpha value is -0.840. The maximum absolute atomic E-state index is 12.2. The third kappa shape index (κ3) is 3.84. The Morgan fingerprint density at radius 2 is 2.29 bits per heavy atom. The molecule has 5 heteroatoms. The van der Waals surface area contributed by atoms with E-state index in [-0.39, 0.29) is 5.91 Å². The van der Waals surface area contributed by atoms with Gasteiger partial charge in [-0.2, -0.15) is 5.10 Å². The minimum atomic E-state index is 0.0584. The van der Waals surface area contributed by atoms with Gasteiger partial charge in [-0.25, -0.2) is 0 Å². The molecule has 1 aromatic rings. The first-order valence-corrected chi connectivity index (χ1v) is 6.79. The van der Waals surface area contributed by atoms with Gasteiger partial charge in [0.1, 0.15) is 0 Å². The van der Waals surface area contributed by atoms with Crippen LogP contribution in [0.1, 0.15) is 36.3 Å². The quantitative estimate of drug-likeness (QED) is 0.782. The number of halogens is 1. The fourth-order valence-electron chi connectivity index (χ4n) is 1.65. The summed E-state index contributed by atoms with van der Waals surface area (Å²) in [5.74, 6) is 0.0584. The van der Waals surface area contributed by atoms with Crippen molar-refractivity contribution in [1.82, 2.24) is 14.7 Å². The standard InChI is InChI=1S/C12H20BrN3O/c1-5-11-10(8-16(4)14-11)12(17)15(3)7-6-9(2)13/h8-9H,5-7H2,1-4H3. The monoisotopic (exact) mass is 301 g/mol. The van der Waals surface area contributed by atoms with Crippen molar-refractivity contribution in [3.63, 3.8) is 0 Å². The zero-order valence-corrected chi connectivity index (χ0v) is 12.5. The summed E-state index contributed by atoms with van der Waals surface area (Å²) >= 11 is 3.49. The van der Waals surface area contributed by atoms with Crippen molar-refractivity contribution in [3.05, 3.63) is 17.5 Å². The van der Waals surface area contributed by atoms with Crippen LogP contribution in [0.3, 0.4) is 0 Å². The van der Waals surface area contributed by atoms with Crippen molar-refractivity contribution in [2.75, 3.05) is 13.6 Å². The molecular weight excluding hydrogens is 282 g/mol. The Labute approximate surface area is 111 Å². The van der Waals surface area contributed by atoms with Crippen molar-refractivity contribution in [1.29, 1.82) is 0 Å². The van der Waals surface area contributed by atoms with E-state index in [1.165, 1.54) is 0 Å². The molecule has 0 fully saturated rings. The second-order valence-corrected chi connectivity index (χ2v) is 5.88. The van der Waals surface area contributed by atoms with Crippen molar-refractivity contribution >= 4 is 21.8 Å². The molecule has 0 spiro atoms. The maximum atomic E-state index is 12.2. The highest BCUT2D eigenvalue weighted by Gasteiger charge is 2.18. The number of amides is 1. The van der Waals surface area contributed by atoms with E-state index < -0.39 is 0 Å². The molecule has 0 aliphatic carbocycles. The Kier molecular flexibility index (Phi) is 5.18. The van der Waals surface area contributed by atoms with Crippen LogP contribution in [0, 0.1) is 0 Å². The molecule has 4 nitrogen and oxygen atoms in total. The fraction of sp³-hybridized carbons (Fsp3) is 0.667. The average Bonchev–Trinajstić information content (AvgIpc) is 2.66. The molecule has 0 aliphatic heterocycles. The summed E-state index contributed by atoms with van der Waals surface area (Å²) in [6, 6.07) is 0. The van der Waals surface area contributed by atoms with Crippen LogP contribution in [0.15, 0.2) is 6.20 Å². The molecule has 1 aromatic heterocycles. The molecule has 1 heterocycles. The second kappa shape index (κ2) is 6.19. The smallest absolute Gasteiger partial charge is 0.257 e. The van der Waals surface area contributed by atoms with Gasteiger partial charge >= 0.3 is 0 Å². The molecule has 0 radical (unpaired) electrons. The highest BCUT2D eigenvalue weighted by molar-refractivity contribution is 9.09. The molecule has 1 atom stereocenters. The van der Waals surface area contributed by atoms with Crippen LogP contribution in [0.25, 0.3) is 0 Å². The maximum Gasteiger partial charge on any atom is 0.257 e. The Bertz CT molecular complexity index is 387. The predicted octanol–water partition coefficient (Wildman–Crippen LogP) is 2.23. The average molecular weight is 302 g/mol. The number of hydrogen-bond acceptors (Lipinski definition) is 2. The molecule has 0 bridgehead atoms. The molecule has 0 saturated heterocycles. The third-order valence-corrected chi connectivity index (χ3v) is 3.14. The molecule has 1 rings (SSSR count). The number of carbonyl (C=O) groups excluding carboxylic acids is 1. The first-order chi connectivity index (χ1) is 7.95. The first-order valence-electron chi connectivity index (χ1n) is 5.87. The molecule has 17 heavy (non-hydrogen) atoms. The lowest BCUT2D eigenvalue weighted by molar-refractivity contribution is 0.0793. The van der Waals surface area contributed by atoms with E-state index in [4.69, 9.17) is 0 Å². The van der Waals surface area contributed by atoms with Gasteiger partial charge in [-0.1, -0.05) is 29.8 Å². The summed E-state index contributed by atoms with van der Waals surface area (Å²) in [6.45, 7) is 4.85. The van der Waals surface area contributed by atoms with E-state index in [1.807, 2.05) is 21.0 Å². The summed E-state index contributed by atoms with van der Waals surface area (Å²) in [6.07, 6.45) is 3.53. The fourth-order valence-corrected chi connectivity index (χ4v) is 1.86. The second-order valence-electron chi connectivity index (χ2n) is 4.31. The minimum absolute atomic E-state index is 0.0584. The molecule has 0 N–H and O–H groups in total. The Morgan fingerprint density at radius 3 is 2.82 bits per heavy atom. The number of rotatable bonds is 5. The Morgan fingerprint density at radius 1 is 1.65 bits per heavy atom. The van der Waals surface area contributed by atoms with E-state index >= 15 is 0 Å². The molecule has 0 aromatic carbocycles. The van der Waals surface area contributed by atoms with Gasteiger partial charge in [-0.15, -0.1) is 0 Å². The Balaban J connectivity index is 2.74. The number of aryl methyl sites for hydroxylation is 2. The lowest BCUT2D eigenvalue weighted by Crippen LogP contribution is -2.29. The number of nitrogens with zero attached hydrogens (tertiary/aromatic N) is 3. The summed E-state index contributed by atoms with van der Waals surface area (Å²) in [5.41, 5.74) is 1.59. The normalized spacial score (nSPS) is 12.5. The van der Waals surface area contributed by atoms with Crippen LogP contribution < -0.4 is 0 Å². The van der Waals surface area contributed by atoms with Gasteiger partial charge in [-0.05, 0) is 12.8 Å². The van der Waals surface area contributed by atoms with Crippen molar-refractivity contribution in [2.24, 2.45) is 7.05 Å².